The Labute approximate surface area is 107 Å². The summed E-state index contributed by atoms with van der Waals surface area (Å²) in [6.07, 6.45) is 3.64. The molecular weight excluding hydrogens is 232 g/mol. The normalized spacial score (nSPS) is 12.5. The maximum atomic E-state index is 11.5. The van der Waals surface area contributed by atoms with E-state index in [0.29, 0.717) is 12.5 Å². The van der Waals surface area contributed by atoms with Gasteiger partial charge in [0.1, 0.15) is 5.82 Å². The molecule has 0 radical (unpaired) electrons. The number of amides is 2. The van der Waals surface area contributed by atoms with Crippen molar-refractivity contribution in [3.63, 3.8) is 0 Å². The van der Waals surface area contributed by atoms with Gasteiger partial charge in [0, 0.05) is 18.9 Å². The number of aliphatic hydroxyl groups is 1. The van der Waals surface area contributed by atoms with Crippen molar-refractivity contribution in [2.24, 2.45) is 5.92 Å². The average molecular weight is 254 g/mol. The monoisotopic (exact) mass is 254 g/mol. The molecule has 1 unspecified atom stereocenters. The first kappa shape index (κ1) is 14.5. The highest BCUT2D eigenvalue weighted by molar-refractivity contribution is 5.74. The molecular formula is C12H22N4O2. The standard InChI is InChI=1S/C12H22N4O2/c1-9(2)7-16-5-4-13-11(16)6-14-12(18)15-10(3)8-17/h4-5,9-10,17H,6-8H2,1-3H3,(H2,14,15,18). The van der Waals surface area contributed by atoms with E-state index < -0.39 is 0 Å². The van der Waals surface area contributed by atoms with Crippen molar-refractivity contribution in [2.75, 3.05) is 6.61 Å². The van der Waals surface area contributed by atoms with Gasteiger partial charge in [-0.2, -0.15) is 0 Å². The Bertz CT molecular complexity index is 376. The van der Waals surface area contributed by atoms with Gasteiger partial charge in [0.2, 0.25) is 0 Å². The van der Waals surface area contributed by atoms with Crippen molar-refractivity contribution in [3.05, 3.63) is 18.2 Å². The topological polar surface area (TPSA) is 79.2 Å². The molecule has 0 aliphatic rings. The first-order valence-corrected chi connectivity index (χ1v) is 6.18. The number of hydrogen-bond acceptors (Lipinski definition) is 3. The van der Waals surface area contributed by atoms with Gasteiger partial charge in [-0.1, -0.05) is 13.8 Å². The lowest BCUT2D eigenvalue weighted by atomic mass is 10.2. The summed E-state index contributed by atoms with van der Waals surface area (Å²) in [5.74, 6) is 1.36. The molecule has 1 aromatic rings. The van der Waals surface area contributed by atoms with Gasteiger partial charge in [0.25, 0.3) is 0 Å². The third-order valence-electron chi connectivity index (χ3n) is 2.42. The molecule has 0 saturated heterocycles. The van der Waals surface area contributed by atoms with E-state index >= 15 is 0 Å². The number of aromatic nitrogens is 2. The third kappa shape index (κ3) is 4.75. The van der Waals surface area contributed by atoms with E-state index in [1.807, 2.05) is 10.8 Å². The van der Waals surface area contributed by atoms with Crippen molar-refractivity contribution in [2.45, 2.75) is 39.9 Å². The Morgan fingerprint density at radius 2 is 2.22 bits per heavy atom. The molecule has 1 atom stereocenters. The van der Waals surface area contributed by atoms with E-state index in [0.717, 1.165) is 12.4 Å². The Balaban J connectivity index is 2.43. The molecule has 0 aliphatic heterocycles. The van der Waals surface area contributed by atoms with E-state index in [1.54, 1.807) is 13.1 Å². The molecule has 2 amide bonds. The highest BCUT2D eigenvalue weighted by Crippen LogP contribution is 2.03. The summed E-state index contributed by atoms with van der Waals surface area (Å²) in [5, 5.41) is 14.2. The van der Waals surface area contributed by atoms with E-state index in [9.17, 15) is 4.79 Å². The molecule has 1 aromatic heterocycles. The number of rotatable bonds is 6. The number of aliphatic hydroxyl groups excluding tert-OH is 1. The zero-order valence-electron chi connectivity index (χ0n) is 11.2. The average Bonchev–Trinajstić information content (AvgIpc) is 2.72. The SMILES string of the molecule is CC(C)Cn1ccnc1CNC(=O)NC(C)CO. The maximum Gasteiger partial charge on any atom is 0.315 e. The summed E-state index contributed by atoms with van der Waals surface area (Å²) in [5.41, 5.74) is 0. The smallest absolute Gasteiger partial charge is 0.315 e. The van der Waals surface area contributed by atoms with Gasteiger partial charge in [0.05, 0.1) is 19.2 Å². The lowest BCUT2D eigenvalue weighted by Gasteiger charge is -2.13. The molecule has 1 heterocycles. The van der Waals surface area contributed by atoms with Gasteiger partial charge in [-0.05, 0) is 12.8 Å². The van der Waals surface area contributed by atoms with Crippen LogP contribution in [0.15, 0.2) is 12.4 Å². The molecule has 6 nitrogen and oxygen atoms in total. The molecule has 0 aliphatic carbocycles. The highest BCUT2D eigenvalue weighted by Gasteiger charge is 2.08. The Morgan fingerprint density at radius 1 is 1.50 bits per heavy atom. The fourth-order valence-electron chi connectivity index (χ4n) is 1.55. The zero-order valence-corrected chi connectivity index (χ0v) is 11.2. The van der Waals surface area contributed by atoms with Gasteiger partial charge >= 0.3 is 6.03 Å². The van der Waals surface area contributed by atoms with Crippen LogP contribution in [0.5, 0.6) is 0 Å². The van der Waals surface area contributed by atoms with Crippen LogP contribution in [0.1, 0.15) is 26.6 Å². The van der Waals surface area contributed by atoms with Crippen LogP contribution in [-0.4, -0.2) is 33.3 Å². The summed E-state index contributed by atoms with van der Waals surface area (Å²) in [6, 6.07) is -0.545. The molecule has 0 fully saturated rings. The van der Waals surface area contributed by atoms with Crippen LogP contribution in [0, 0.1) is 5.92 Å². The predicted molar refractivity (Wildman–Crippen MR) is 69.0 cm³/mol. The molecule has 0 saturated carbocycles. The molecule has 0 aromatic carbocycles. The number of urea groups is 1. The minimum atomic E-state index is -0.296. The van der Waals surface area contributed by atoms with Crippen LogP contribution in [0.25, 0.3) is 0 Å². The van der Waals surface area contributed by atoms with E-state index in [1.165, 1.54) is 0 Å². The van der Waals surface area contributed by atoms with Gasteiger partial charge in [-0.15, -0.1) is 0 Å². The predicted octanol–water partition coefficient (Wildman–Crippen LogP) is 0.719. The maximum absolute atomic E-state index is 11.5. The molecule has 102 valence electrons. The number of nitrogens with one attached hydrogen (secondary N) is 2. The quantitative estimate of drug-likeness (QED) is 0.700. The largest absolute Gasteiger partial charge is 0.394 e. The summed E-state index contributed by atoms with van der Waals surface area (Å²) >= 11 is 0. The Morgan fingerprint density at radius 3 is 2.83 bits per heavy atom. The second kappa shape index (κ2) is 7.00. The minimum Gasteiger partial charge on any atom is -0.394 e. The summed E-state index contributed by atoms with van der Waals surface area (Å²) in [6.45, 7) is 7.18. The van der Waals surface area contributed by atoms with Crippen LogP contribution < -0.4 is 10.6 Å². The second-order valence-electron chi connectivity index (χ2n) is 4.80. The Hall–Kier alpha value is -1.56. The highest BCUT2D eigenvalue weighted by atomic mass is 16.3. The lowest BCUT2D eigenvalue weighted by molar-refractivity contribution is 0.220. The number of nitrogens with zero attached hydrogens (tertiary/aromatic N) is 2. The molecule has 18 heavy (non-hydrogen) atoms. The molecule has 0 spiro atoms. The van der Waals surface area contributed by atoms with Crippen LogP contribution in [0.4, 0.5) is 4.79 Å². The molecule has 1 rings (SSSR count). The van der Waals surface area contributed by atoms with E-state index in [4.69, 9.17) is 5.11 Å². The van der Waals surface area contributed by atoms with Crippen molar-refractivity contribution in [1.82, 2.24) is 20.2 Å². The third-order valence-corrected chi connectivity index (χ3v) is 2.42. The van der Waals surface area contributed by atoms with Crippen LogP contribution >= 0.6 is 0 Å². The second-order valence-corrected chi connectivity index (χ2v) is 4.80. The van der Waals surface area contributed by atoms with Gasteiger partial charge < -0.3 is 20.3 Å². The van der Waals surface area contributed by atoms with Gasteiger partial charge in [0.15, 0.2) is 0 Å². The Kier molecular flexibility index (Phi) is 5.64. The summed E-state index contributed by atoms with van der Waals surface area (Å²) in [4.78, 5) is 15.7. The van der Waals surface area contributed by atoms with Gasteiger partial charge in [-0.3, -0.25) is 0 Å². The number of hydrogen-bond donors (Lipinski definition) is 3. The fourth-order valence-corrected chi connectivity index (χ4v) is 1.55. The first-order valence-electron chi connectivity index (χ1n) is 6.18. The number of carbonyl (C=O) groups excluding carboxylic acids is 1. The van der Waals surface area contributed by atoms with Crippen LogP contribution in [0.2, 0.25) is 0 Å². The van der Waals surface area contributed by atoms with Gasteiger partial charge in [-0.25, -0.2) is 9.78 Å². The first-order chi connectivity index (χ1) is 8.52. The summed E-state index contributed by atoms with van der Waals surface area (Å²) < 4.78 is 2.03. The van der Waals surface area contributed by atoms with Crippen LogP contribution in [0.3, 0.4) is 0 Å². The van der Waals surface area contributed by atoms with Crippen molar-refractivity contribution in [1.29, 1.82) is 0 Å². The minimum absolute atomic E-state index is 0.0740. The van der Waals surface area contributed by atoms with E-state index in [2.05, 4.69) is 29.5 Å². The summed E-state index contributed by atoms with van der Waals surface area (Å²) in [7, 11) is 0. The number of carbonyl (C=O) groups is 1. The zero-order chi connectivity index (χ0) is 13.5. The van der Waals surface area contributed by atoms with Crippen molar-refractivity contribution in [3.8, 4) is 0 Å². The molecule has 0 bridgehead atoms. The van der Waals surface area contributed by atoms with Crippen LogP contribution in [-0.2, 0) is 13.1 Å². The van der Waals surface area contributed by atoms with E-state index in [-0.39, 0.29) is 18.7 Å². The number of imidazole rings is 1. The fraction of sp³-hybridized carbons (Fsp3) is 0.667. The molecule has 6 heteroatoms. The lowest BCUT2D eigenvalue weighted by Crippen LogP contribution is -2.42. The van der Waals surface area contributed by atoms with Crippen molar-refractivity contribution >= 4 is 6.03 Å². The van der Waals surface area contributed by atoms with Crippen molar-refractivity contribution < 1.29 is 9.90 Å². The molecule has 3 N–H and O–H groups in total.